The zero-order valence-electron chi connectivity index (χ0n) is 12.0. The minimum absolute atomic E-state index is 0.329. The molecule has 1 aliphatic rings. The van der Waals surface area contributed by atoms with E-state index in [1.54, 1.807) is 0 Å². The fourth-order valence-corrected chi connectivity index (χ4v) is 2.45. The van der Waals surface area contributed by atoms with E-state index in [-0.39, 0.29) is 0 Å². The maximum atomic E-state index is 5.54. The maximum Gasteiger partial charge on any atom is 0.0594 e. The highest BCUT2D eigenvalue weighted by Gasteiger charge is 2.18. The van der Waals surface area contributed by atoms with Crippen molar-refractivity contribution in [3.8, 4) is 0 Å². The number of hydrogen-bond acceptors (Lipinski definition) is 4. The van der Waals surface area contributed by atoms with Gasteiger partial charge in [0.1, 0.15) is 0 Å². The van der Waals surface area contributed by atoms with E-state index in [1.165, 1.54) is 18.5 Å². The SMILES string of the molecule is CC(C)OCCNC1CCN(c2ccncc2)CC1. The monoisotopic (exact) mass is 263 g/mol. The molecular formula is C15H25N3O. The van der Waals surface area contributed by atoms with Gasteiger partial charge in [-0.1, -0.05) is 0 Å². The van der Waals surface area contributed by atoms with E-state index in [2.05, 4.69) is 41.2 Å². The van der Waals surface area contributed by atoms with Crippen molar-refractivity contribution in [2.45, 2.75) is 38.8 Å². The molecular weight excluding hydrogens is 238 g/mol. The summed E-state index contributed by atoms with van der Waals surface area (Å²) in [6, 6.07) is 4.81. The number of hydrogen-bond donors (Lipinski definition) is 1. The third-order valence-corrected chi connectivity index (χ3v) is 3.51. The Morgan fingerprint density at radius 3 is 2.63 bits per heavy atom. The number of ether oxygens (including phenoxy) is 1. The van der Waals surface area contributed by atoms with Crippen LogP contribution >= 0.6 is 0 Å². The third kappa shape index (κ3) is 4.80. The maximum absolute atomic E-state index is 5.54. The van der Waals surface area contributed by atoms with E-state index in [9.17, 15) is 0 Å². The summed E-state index contributed by atoms with van der Waals surface area (Å²) in [4.78, 5) is 6.50. The first kappa shape index (κ1) is 14.3. The summed E-state index contributed by atoms with van der Waals surface area (Å²) in [7, 11) is 0. The molecule has 2 heterocycles. The molecule has 19 heavy (non-hydrogen) atoms. The van der Waals surface area contributed by atoms with Crippen LogP contribution in [0, 0.1) is 0 Å². The number of rotatable bonds is 6. The van der Waals surface area contributed by atoms with Crippen molar-refractivity contribution in [3.05, 3.63) is 24.5 Å². The van der Waals surface area contributed by atoms with Crippen molar-refractivity contribution >= 4 is 5.69 Å². The number of pyridine rings is 1. The normalized spacial score (nSPS) is 17.1. The van der Waals surface area contributed by atoms with Gasteiger partial charge in [0.15, 0.2) is 0 Å². The molecule has 2 rings (SSSR count). The lowest BCUT2D eigenvalue weighted by atomic mass is 10.0. The van der Waals surface area contributed by atoms with Gasteiger partial charge >= 0.3 is 0 Å². The first-order valence-electron chi connectivity index (χ1n) is 7.25. The van der Waals surface area contributed by atoms with E-state index < -0.39 is 0 Å². The molecule has 0 bridgehead atoms. The first-order valence-corrected chi connectivity index (χ1v) is 7.25. The highest BCUT2D eigenvalue weighted by molar-refractivity contribution is 5.44. The second-order valence-electron chi connectivity index (χ2n) is 5.34. The van der Waals surface area contributed by atoms with Crippen molar-refractivity contribution in [2.24, 2.45) is 0 Å². The van der Waals surface area contributed by atoms with Crippen LogP contribution in [0.4, 0.5) is 5.69 Å². The summed E-state index contributed by atoms with van der Waals surface area (Å²) in [5.41, 5.74) is 1.29. The van der Waals surface area contributed by atoms with Crippen LogP contribution in [-0.4, -0.2) is 43.4 Å². The Morgan fingerprint density at radius 2 is 2.00 bits per heavy atom. The topological polar surface area (TPSA) is 37.4 Å². The predicted octanol–water partition coefficient (Wildman–Crippen LogP) is 2.06. The van der Waals surface area contributed by atoms with E-state index in [0.717, 1.165) is 26.2 Å². The Labute approximate surface area is 116 Å². The Balaban J connectivity index is 1.65. The quantitative estimate of drug-likeness (QED) is 0.797. The van der Waals surface area contributed by atoms with Crippen molar-refractivity contribution in [3.63, 3.8) is 0 Å². The molecule has 0 spiro atoms. The highest BCUT2D eigenvalue weighted by atomic mass is 16.5. The largest absolute Gasteiger partial charge is 0.377 e. The van der Waals surface area contributed by atoms with Crippen LogP contribution in [0.3, 0.4) is 0 Å². The van der Waals surface area contributed by atoms with Gasteiger partial charge in [0, 0.05) is 43.8 Å². The Hall–Kier alpha value is -1.13. The third-order valence-electron chi connectivity index (χ3n) is 3.51. The minimum atomic E-state index is 0.329. The van der Waals surface area contributed by atoms with E-state index in [1.807, 2.05) is 12.4 Å². The summed E-state index contributed by atoms with van der Waals surface area (Å²) in [5, 5.41) is 3.58. The average molecular weight is 263 g/mol. The van der Waals surface area contributed by atoms with Gasteiger partial charge in [-0.3, -0.25) is 4.98 Å². The molecule has 4 nitrogen and oxygen atoms in total. The lowest BCUT2D eigenvalue weighted by Crippen LogP contribution is -2.43. The number of anilines is 1. The molecule has 1 aromatic heterocycles. The van der Waals surface area contributed by atoms with Crippen molar-refractivity contribution < 1.29 is 4.74 Å². The van der Waals surface area contributed by atoms with Gasteiger partial charge in [-0.25, -0.2) is 0 Å². The van der Waals surface area contributed by atoms with Gasteiger partial charge in [-0.15, -0.1) is 0 Å². The van der Waals surface area contributed by atoms with Gasteiger partial charge < -0.3 is 15.0 Å². The van der Waals surface area contributed by atoms with E-state index in [4.69, 9.17) is 4.74 Å². The van der Waals surface area contributed by atoms with Crippen LogP contribution in [-0.2, 0) is 4.74 Å². The molecule has 0 saturated carbocycles. The summed E-state index contributed by atoms with van der Waals surface area (Å²) < 4.78 is 5.54. The molecule has 0 radical (unpaired) electrons. The summed E-state index contributed by atoms with van der Waals surface area (Å²) in [6.07, 6.45) is 6.45. The molecule has 1 fully saturated rings. The van der Waals surface area contributed by atoms with Crippen LogP contribution in [0.2, 0.25) is 0 Å². The molecule has 0 unspecified atom stereocenters. The zero-order valence-corrected chi connectivity index (χ0v) is 12.0. The molecule has 1 aromatic rings. The number of nitrogens with one attached hydrogen (secondary N) is 1. The van der Waals surface area contributed by atoms with Crippen LogP contribution in [0.5, 0.6) is 0 Å². The highest BCUT2D eigenvalue weighted by Crippen LogP contribution is 2.18. The number of piperidine rings is 1. The van der Waals surface area contributed by atoms with Crippen molar-refractivity contribution in [2.75, 3.05) is 31.1 Å². The summed E-state index contributed by atoms with van der Waals surface area (Å²) >= 11 is 0. The smallest absolute Gasteiger partial charge is 0.0594 e. The molecule has 0 aromatic carbocycles. The van der Waals surface area contributed by atoms with Crippen LogP contribution < -0.4 is 10.2 Å². The molecule has 0 amide bonds. The Morgan fingerprint density at radius 1 is 1.32 bits per heavy atom. The van der Waals surface area contributed by atoms with Crippen molar-refractivity contribution in [1.29, 1.82) is 0 Å². The fraction of sp³-hybridized carbons (Fsp3) is 0.667. The van der Waals surface area contributed by atoms with E-state index >= 15 is 0 Å². The molecule has 0 aliphatic carbocycles. The van der Waals surface area contributed by atoms with Gasteiger partial charge in [-0.2, -0.15) is 0 Å². The zero-order chi connectivity index (χ0) is 13.5. The Kier molecular flexibility index (Phi) is 5.61. The van der Waals surface area contributed by atoms with Gasteiger partial charge in [-0.05, 0) is 38.8 Å². The first-order chi connectivity index (χ1) is 9.25. The second kappa shape index (κ2) is 7.46. The lowest BCUT2D eigenvalue weighted by Gasteiger charge is -2.34. The van der Waals surface area contributed by atoms with Crippen LogP contribution in [0.25, 0.3) is 0 Å². The predicted molar refractivity (Wildman–Crippen MR) is 78.6 cm³/mol. The number of nitrogens with zero attached hydrogens (tertiary/aromatic N) is 2. The lowest BCUT2D eigenvalue weighted by molar-refractivity contribution is 0.0788. The molecule has 4 heteroatoms. The molecule has 106 valence electrons. The van der Waals surface area contributed by atoms with E-state index in [0.29, 0.717) is 12.1 Å². The molecule has 1 N–H and O–H groups in total. The van der Waals surface area contributed by atoms with Gasteiger partial charge in [0.25, 0.3) is 0 Å². The van der Waals surface area contributed by atoms with Gasteiger partial charge in [0.2, 0.25) is 0 Å². The standard InChI is InChI=1S/C15H25N3O/c1-13(2)19-12-9-17-14-5-10-18(11-6-14)15-3-7-16-8-4-15/h3-4,7-8,13-14,17H,5-6,9-12H2,1-2H3. The fourth-order valence-electron chi connectivity index (χ4n) is 2.45. The van der Waals surface area contributed by atoms with Crippen LogP contribution in [0.1, 0.15) is 26.7 Å². The summed E-state index contributed by atoms with van der Waals surface area (Å²) in [5.74, 6) is 0. The molecule has 1 aliphatic heterocycles. The van der Waals surface area contributed by atoms with Crippen molar-refractivity contribution in [1.82, 2.24) is 10.3 Å². The molecule has 0 atom stereocenters. The summed E-state index contributed by atoms with van der Waals surface area (Å²) in [6.45, 7) is 8.15. The second-order valence-corrected chi connectivity index (χ2v) is 5.34. The Bertz CT molecular complexity index is 348. The number of aromatic nitrogens is 1. The molecule has 1 saturated heterocycles. The average Bonchev–Trinajstić information content (AvgIpc) is 2.45. The minimum Gasteiger partial charge on any atom is -0.377 e. The van der Waals surface area contributed by atoms with Crippen LogP contribution in [0.15, 0.2) is 24.5 Å². The van der Waals surface area contributed by atoms with Gasteiger partial charge in [0.05, 0.1) is 12.7 Å².